The van der Waals surface area contributed by atoms with Gasteiger partial charge in [0.05, 0.1) is 6.54 Å². The number of nitrogens with zero attached hydrogens (tertiary/aromatic N) is 4. The highest BCUT2D eigenvalue weighted by molar-refractivity contribution is 5.94. The smallest absolute Gasteiger partial charge is 0.317 e. The summed E-state index contributed by atoms with van der Waals surface area (Å²) in [4.78, 5) is 32.4. The van der Waals surface area contributed by atoms with Gasteiger partial charge in [-0.2, -0.15) is 4.98 Å². The molecule has 1 saturated heterocycles. The van der Waals surface area contributed by atoms with Crippen molar-refractivity contribution in [1.29, 1.82) is 0 Å². The lowest BCUT2D eigenvalue weighted by molar-refractivity contribution is 0.0664. The molecule has 0 unspecified atom stereocenters. The number of carbonyl (C=O) groups is 2. The van der Waals surface area contributed by atoms with E-state index < -0.39 is 0 Å². The summed E-state index contributed by atoms with van der Waals surface area (Å²) in [6, 6.07) is 8.99. The van der Waals surface area contributed by atoms with Crippen LogP contribution in [0, 0.1) is 0 Å². The van der Waals surface area contributed by atoms with Gasteiger partial charge in [-0.05, 0) is 12.1 Å². The first-order valence-electron chi connectivity index (χ1n) is 8.74. The van der Waals surface area contributed by atoms with Gasteiger partial charge in [0.1, 0.15) is 0 Å². The third-order valence-corrected chi connectivity index (χ3v) is 4.27. The first-order valence-corrected chi connectivity index (χ1v) is 8.74. The molecule has 1 N–H and O–H groups in total. The van der Waals surface area contributed by atoms with E-state index >= 15 is 0 Å². The zero-order valence-electron chi connectivity index (χ0n) is 15.0. The Kier molecular flexibility index (Phi) is 5.50. The van der Waals surface area contributed by atoms with Crippen LogP contribution in [-0.4, -0.2) is 58.1 Å². The van der Waals surface area contributed by atoms with Gasteiger partial charge >= 0.3 is 6.03 Å². The summed E-state index contributed by atoms with van der Waals surface area (Å²) in [5.41, 5.74) is 0.669. The highest BCUT2D eigenvalue weighted by atomic mass is 16.5. The van der Waals surface area contributed by atoms with Crippen LogP contribution in [0.3, 0.4) is 0 Å². The van der Waals surface area contributed by atoms with Gasteiger partial charge in [-0.1, -0.05) is 37.2 Å². The molecule has 1 aromatic carbocycles. The normalized spacial score (nSPS) is 14.6. The summed E-state index contributed by atoms with van der Waals surface area (Å²) in [6.07, 6.45) is 0. The highest BCUT2D eigenvalue weighted by Crippen LogP contribution is 2.11. The molecule has 8 nitrogen and oxygen atoms in total. The minimum absolute atomic E-state index is 0.00210. The van der Waals surface area contributed by atoms with Crippen molar-refractivity contribution < 1.29 is 14.1 Å². The van der Waals surface area contributed by atoms with E-state index in [1.165, 1.54) is 0 Å². The Balaban J connectivity index is 1.46. The van der Waals surface area contributed by atoms with Crippen LogP contribution in [0.15, 0.2) is 34.9 Å². The maximum absolute atomic E-state index is 12.4. The van der Waals surface area contributed by atoms with Crippen molar-refractivity contribution in [1.82, 2.24) is 25.3 Å². The summed E-state index contributed by atoms with van der Waals surface area (Å²) in [5.74, 6) is 1.19. The predicted octanol–water partition coefficient (Wildman–Crippen LogP) is 1.86. The van der Waals surface area contributed by atoms with Gasteiger partial charge in [0.2, 0.25) is 5.89 Å². The Morgan fingerprint density at radius 2 is 1.77 bits per heavy atom. The van der Waals surface area contributed by atoms with Gasteiger partial charge in [-0.15, -0.1) is 0 Å². The Hall–Kier alpha value is -2.90. The Morgan fingerprint density at radius 3 is 2.38 bits per heavy atom. The molecule has 2 heterocycles. The van der Waals surface area contributed by atoms with Gasteiger partial charge in [-0.25, -0.2) is 4.79 Å². The molecule has 0 atom stereocenters. The molecular formula is C18H23N5O3. The largest absolute Gasteiger partial charge is 0.337 e. The molecule has 1 fully saturated rings. The van der Waals surface area contributed by atoms with Crippen molar-refractivity contribution in [2.45, 2.75) is 26.3 Å². The second-order valence-electron chi connectivity index (χ2n) is 6.50. The van der Waals surface area contributed by atoms with Gasteiger partial charge in [-0.3, -0.25) is 4.79 Å². The van der Waals surface area contributed by atoms with Crippen LogP contribution in [0.4, 0.5) is 4.79 Å². The third-order valence-electron chi connectivity index (χ3n) is 4.27. The van der Waals surface area contributed by atoms with Crippen molar-refractivity contribution in [3.05, 3.63) is 47.6 Å². The van der Waals surface area contributed by atoms with Crippen molar-refractivity contribution in [2.24, 2.45) is 0 Å². The molecule has 8 heteroatoms. The quantitative estimate of drug-likeness (QED) is 0.902. The molecule has 1 aliphatic rings. The minimum atomic E-state index is -0.193. The lowest BCUT2D eigenvalue weighted by atomic mass is 10.2. The molecule has 26 heavy (non-hydrogen) atoms. The molecule has 138 valence electrons. The van der Waals surface area contributed by atoms with Crippen LogP contribution >= 0.6 is 0 Å². The minimum Gasteiger partial charge on any atom is -0.337 e. The summed E-state index contributed by atoms with van der Waals surface area (Å²) >= 11 is 0. The molecule has 0 bridgehead atoms. The standard InChI is InChI=1S/C18H23N5O3/c1-13(2)16-20-15(26-21-16)12-19-18(25)23-10-8-22(9-11-23)17(24)14-6-4-3-5-7-14/h3-7,13H,8-12H2,1-2H3,(H,19,25). The molecule has 3 rings (SSSR count). The third kappa shape index (κ3) is 4.19. The number of nitrogens with one attached hydrogen (secondary N) is 1. The van der Waals surface area contributed by atoms with Crippen molar-refractivity contribution in [2.75, 3.05) is 26.2 Å². The first-order chi connectivity index (χ1) is 12.5. The molecule has 0 spiro atoms. The summed E-state index contributed by atoms with van der Waals surface area (Å²) in [5, 5.41) is 6.65. The van der Waals surface area contributed by atoms with Crippen LogP contribution in [0.2, 0.25) is 0 Å². The fourth-order valence-electron chi connectivity index (χ4n) is 2.71. The molecule has 3 amide bonds. The van der Waals surface area contributed by atoms with E-state index in [2.05, 4.69) is 15.5 Å². The van der Waals surface area contributed by atoms with Crippen molar-refractivity contribution >= 4 is 11.9 Å². The number of benzene rings is 1. The summed E-state index contributed by atoms with van der Waals surface area (Å²) in [7, 11) is 0. The molecule has 0 saturated carbocycles. The number of urea groups is 1. The summed E-state index contributed by atoms with van der Waals surface area (Å²) < 4.78 is 5.11. The van der Waals surface area contributed by atoms with E-state index in [1.54, 1.807) is 21.9 Å². The second kappa shape index (κ2) is 7.99. The topological polar surface area (TPSA) is 91.6 Å². The first kappa shape index (κ1) is 17.9. The Bertz CT molecular complexity index is 751. The van der Waals surface area contributed by atoms with Gasteiger partial charge in [0, 0.05) is 37.7 Å². The highest BCUT2D eigenvalue weighted by Gasteiger charge is 2.25. The average molecular weight is 357 g/mol. The van der Waals surface area contributed by atoms with Crippen LogP contribution in [0.25, 0.3) is 0 Å². The molecule has 0 radical (unpaired) electrons. The maximum atomic E-state index is 12.4. The van der Waals surface area contributed by atoms with E-state index in [-0.39, 0.29) is 24.4 Å². The molecule has 1 aromatic heterocycles. The van der Waals surface area contributed by atoms with Gasteiger partial charge < -0.3 is 19.6 Å². The predicted molar refractivity (Wildman–Crippen MR) is 94.5 cm³/mol. The van der Waals surface area contributed by atoms with Crippen molar-refractivity contribution in [3.8, 4) is 0 Å². The zero-order valence-corrected chi connectivity index (χ0v) is 15.0. The number of aromatic nitrogens is 2. The molecule has 2 aromatic rings. The number of hydrogen-bond acceptors (Lipinski definition) is 5. The maximum Gasteiger partial charge on any atom is 0.317 e. The van der Waals surface area contributed by atoms with E-state index in [1.807, 2.05) is 32.0 Å². The van der Waals surface area contributed by atoms with E-state index in [0.29, 0.717) is 43.5 Å². The molecule has 0 aliphatic carbocycles. The lowest BCUT2D eigenvalue weighted by Crippen LogP contribution is -2.53. The van der Waals surface area contributed by atoms with Crippen LogP contribution in [0.5, 0.6) is 0 Å². The van der Waals surface area contributed by atoms with Crippen LogP contribution in [0.1, 0.15) is 41.8 Å². The van der Waals surface area contributed by atoms with Gasteiger partial charge in [0.25, 0.3) is 5.91 Å². The van der Waals surface area contributed by atoms with Crippen molar-refractivity contribution in [3.63, 3.8) is 0 Å². The van der Waals surface area contributed by atoms with Crippen LogP contribution < -0.4 is 5.32 Å². The SMILES string of the molecule is CC(C)c1noc(CNC(=O)N2CCN(C(=O)c3ccccc3)CC2)n1. The monoisotopic (exact) mass is 357 g/mol. The fraction of sp³-hybridized carbons (Fsp3) is 0.444. The van der Waals surface area contributed by atoms with Gasteiger partial charge in [0.15, 0.2) is 5.82 Å². The second-order valence-corrected chi connectivity index (χ2v) is 6.50. The van der Waals surface area contributed by atoms with Crippen LogP contribution in [-0.2, 0) is 6.54 Å². The number of rotatable bonds is 4. The zero-order chi connectivity index (χ0) is 18.5. The number of piperazine rings is 1. The Labute approximate surface area is 152 Å². The van der Waals surface area contributed by atoms with E-state index in [4.69, 9.17) is 4.52 Å². The van der Waals surface area contributed by atoms with E-state index in [9.17, 15) is 9.59 Å². The molecular weight excluding hydrogens is 334 g/mol. The molecule has 1 aliphatic heterocycles. The number of hydrogen-bond donors (Lipinski definition) is 1. The summed E-state index contributed by atoms with van der Waals surface area (Å²) in [6.45, 7) is 6.16. The fourth-order valence-corrected chi connectivity index (χ4v) is 2.71. The number of carbonyl (C=O) groups excluding carboxylic acids is 2. The lowest BCUT2D eigenvalue weighted by Gasteiger charge is -2.34. The van der Waals surface area contributed by atoms with E-state index in [0.717, 1.165) is 0 Å². The number of amides is 3. The Morgan fingerprint density at radius 1 is 1.12 bits per heavy atom. The average Bonchev–Trinajstić information content (AvgIpc) is 3.16.